The molecule has 8 nitrogen and oxygen atoms in total. The van der Waals surface area contributed by atoms with Crippen molar-refractivity contribution in [2.75, 3.05) is 13.7 Å². The number of unbranched alkanes of at least 4 members (excludes halogenated alkanes) is 1. The first-order chi connectivity index (χ1) is 15.5. The quantitative estimate of drug-likeness (QED) is 0.385. The smallest absolute Gasteiger partial charge is 0.305 e. The zero-order chi connectivity index (χ0) is 22.5. The molecule has 4 heterocycles. The van der Waals surface area contributed by atoms with Gasteiger partial charge in [-0.3, -0.25) is 9.59 Å². The van der Waals surface area contributed by atoms with Crippen LogP contribution >= 0.6 is 0 Å². The monoisotopic (exact) mass is 434 g/mol. The van der Waals surface area contributed by atoms with Crippen molar-refractivity contribution in [1.82, 2.24) is 19.9 Å². The molecule has 1 fully saturated rings. The molecular weight excluding hydrogens is 408 g/mol. The van der Waals surface area contributed by atoms with Crippen LogP contribution in [0.25, 0.3) is 11.0 Å². The zero-order valence-corrected chi connectivity index (χ0v) is 18.0. The van der Waals surface area contributed by atoms with Crippen LogP contribution in [0.5, 0.6) is 5.88 Å². The SMILES string of the molecule is COc1ccc(C(CC(=O)O)N2CC(CCCCc3ccc4cccnc4n3)C2=O)cn1. The molecule has 8 heteroatoms. The number of methoxy groups -OCH3 is 1. The summed E-state index contributed by atoms with van der Waals surface area (Å²) in [5.41, 5.74) is 2.47. The number of carbonyl (C=O) groups is 2. The maximum atomic E-state index is 12.8. The molecule has 1 amide bonds. The molecule has 0 saturated carbocycles. The molecule has 1 saturated heterocycles. The first-order valence-corrected chi connectivity index (χ1v) is 10.8. The molecule has 2 unspecified atom stereocenters. The van der Waals surface area contributed by atoms with Gasteiger partial charge in [0.25, 0.3) is 0 Å². The van der Waals surface area contributed by atoms with E-state index < -0.39 is 12.0 Å². The number of β-lactam (4-membered cyclic amide) rings is 1. The Labute approximate surface area is 186 Å². The van der Waals surface area contributed by atoms with Crippen molar-refractivity contribution >= 4 is 22.9 Å². The number of carboxylic acids is 1. The van der Waals surface area contributed by atoms with Gasteiger partial charge < -0.3 is 14.7 Å². The fraction of sp³-hybridized carbons (Fsp3) is 0.375. The van der Waals surface area contributed by atoms with Crippen molar-refractivity contribution in [3.63, 3.8) is 0 Å². The summed E-state index contributed by atoms with van der Waals surface area (Å²) in [6.45, 7) is 0.570. The number of carbonyl (C=O) groups excluding carboxylic acids is 1. The normalized spacial score (nSPS) is 16.6. The molecule has 1 N–H and O–H groups in total. The van der Waals surface area contributed by atoms with Crippen LogP contribution in [0.3, 0.4) is 0 Å². The molecule has 1 aliphatic rings. The largest absolute Gasteiger partial charge is 0.481 e. The predicted molar refractivity (Wildman–Crippen MR) is 118 cm³/mol. The average molecular weight is 434 g/mol. The van der Waals surface area contributed by atoms with Gasteiger partial charge in [-0.05, 0) is 49.1 Å². The van der Waals surface area contributed by atoms with E-state index in [1.165, 1.54) is 7.11 Å². The Kier molecular flexibility index (Phi) is 6.58. The van der Waals surface area contributed by atoms with E-state index in [4.69, 9.17) is 4.74 Å². The summed E-state index contributed by atoms with van der Waals surface area (Å²) in [7, 11) is 1.52. The van der Waals surface area contributed by atoms with Crippen molar-refractivity contribution in [2.45, 2.75) is 38.1 Å². The Bertz CT molecular complexity index is 1100. The molecule has 0 radical (unpaired) electrons. The molecule has 4 rings (SSSR count). The second-order valence-electron chi connectivity index (χ2n) is 8.03. The number of aromatic nitrogens is 3. The van der Waals surface area contributed by atoms with Crippen molar-refractivity contribution in [3.8, 4) is 5.88 Å². The molecule has 0 aliphatic carbocycles. The number of pyridine rings is 3. The molecular formula is C24H26N4O4. The van der Waals surface area contributed by atoms with Crippen molar-refractivity contribution in [3.05, 3.63) is 60.0 Å². The summed E-state index contributed by atoms with van der Waals surface area (Å²) in [4.78, 5) is 38.8. The molecule has 32 heavy (non-hydrogen) atoms. The number of carboxylic acid groups (broad SMARTS) is 1. The maximum Gasteiger partial charge on any atom is 0.305 e. The number of nitrogens with zero attached hydrogens (tertiary/aromatic N) is 4. The van der Waals surface area contributed by atoms with Gasteiger partial charge in [0.2, 0.25) is 11.8 Å². The third-order valence-corrected chi connectivity index (χ3v) is 5.90. The molecule has 2 atom stereocenters. The number of hydrogen-bond acceptors (Lipinski definition) is 6. The van der Waals surface area contributed by atoms with E-state index in [2.05, 4.69) is 15.0 Å². The third-order valence-electron chi connectivity index (χ3n) is 5.90. The topological polar surface area (TPSA) is 106 Å². The summed E-state index contributed by atoms with van der Waals surface area (Å²) in [6, 6.07) is 10.9. The lowest BCUT2D eigenvalue weighted by Crippen LogP contribution is -2.54. The summed E-state index contributed by atoms with van der Waals surface area (Å²) in [6.07, 6.45) is 6.67. The van der Waals surface area contributed by atoms with E-state index in [1.54, 1.807) is 29.4 Å². The minimum absolute atomic E-state index is 0.0140. The van der Waals surface area contributed by atoms with E-state index in [0.717, 1.165) is 42.4 Å². The molecule has 1 aliphatic heterocycles. The highest BCUT2D eigenvalue weighted by Crippen LogP contribution is 2.34. The van der Waals surface area contributed by atoms with Crippen LogP contribution in [-0.2, 0) is 16.0 Å². The Balaban J connectivity index is 1.28. The number of likely N-dealkylation sites (tertiary alicyclic amines) is 1. The Morgan fingerprint density at radius 1 is 1.22 bits per heavy atom. The highest BCUT2D eigenvalue weighted by Gasteiger charge is 2.41. The minimum Gasteiger partial charge on any atom is -0.481 e. The second kappa shape index (κ2) is 9.72. The Morgan fingerprint density at radius 2 is 2.09 bits per heavy atom. The van der Waals surface area contributed by atoms with E-state index in [9.17, 15) is 14.7 Å². The van der Waals surface area contributed by atoms with Gasteiger partial charge in [-0.2, -0.15) is 0 Å². The van der Waals surface area contributed by atoms with Crippen LogP contribution in [0.2, 0.25) is 0 Å². The van der Waals surface area contributed by atoms with E-state index >= 15 is 0 Å². The van der Waals surface area contributed by atoms with Gasteiger partial charge in [0.15, 0.2) is 5.65 Å². The van der Waals surface area contributed by atoms with Crippen LogP contribution < -0.4 is 4.74 Å². The third kappa shape index (κ3) is 4.85. The van der Waals surface area contributed by atoms with Gasteiger partial charge in [-0.25, -0.2) is 15.0 Å². The van der Waals surface area contributed by atoms with Crippen LogP contribution in [0.15, 0.2) is 48.8 Å². The average Bonchev–Trinajstić information content (AvgIpc) is 2.81. The predicted octanol–water partition coefficient (Wildman–Crippen LogP) is 3.42. The molecule has 3 aromatic rings. The summed E-state index contributed by atoms with van der Waals surface area (Å²) >= 11 is 0. The number of hydrogen-bond donors (Lipinski definition) is 1. The second-order valence-corrected chi connectivity index (χ2v) is 8.03. The lowest BCUT2D eigenvalue weighted by atomic mass is 9.88. The summed E-state index contributed by atoms with van der Waals surface area (Å²) in [5.74, 6) is -0.532. The molecule has 3 aromatic heterocycles. The Morgan fingerprint density at radius 3 is 2.81 bits per heavy atom. The van der Waals surface area contributed by atoms with Crippen LogP contribution in [-0.4, -0.2) is 50.5 Å². The van der Waals surface area contributed by atoms with Gasteiger partial charge in [-0.1, -0.05) is 12.5 Å². The lowest BCUT2D eigenvalue weighted by molar-refractivity contribution is -0.154. The number of rotatable bonds is 10. The summed E-state index contributed by atoms with van der Waals surface area (Å²) < 4.78 is 5.06. The zero-order valence-electron chi connectivity index (χ0n) is 18.0. The number of fused-ring (bicyclic) bond motifs is 1. The Hall–Kier alpha value is -3.55. The standard InChI is InChI=1S/C24H26N4O4/c1-32-21-11-9-17(14-26-21)20(13-22(29)30)28-15-18(24(28)31)5-2-3-7-19-10-8-16-6-4-12-25-23(16)27-19/h4,6,8-12,14,18,20H,2-3,5,7,13,15H2,1H3,(H,29,30). The van der Waals surface area contributed by atoms with Crippen LogP contribution in [0, 0.1) is 5.92 Å². The molecule has 0 aromatic carbocycles. The highest BCUT2D eigenvalue weighted by molar-refractivity contribution is 5.85. The van der Waals surface area contributed by atoms with E-state index in [1.807, 2.05) is 24.3 Å². The first kappa shape index (κ1) is 21.7. The van der Waals surface area contributed by atoms with E-state index in [-0.39, 0.29) is 18.2 Å². The molecule has 0 spiro atoms. The molecule has 0 bridgehead atoms. The van der Waals surface area contributed by atoms with Crippen molar-refractivity contribution in [2.24, 2.45) is 5.92 Å². The first-order valence-electron chi connectivity index (χ1n) is 10.8. The summed E-state index contributed by atoms with van der Waals surface area (Å²) in [5, 5.41) is 10.3. The number of amides is 1. The van der Waals surface area contributed by atoms with Crippen LogP contribution in [0.4, 0.5) is 0 Å². The van der Waals surface area contributed by atoms with Crippen LogP contribution in [0.1, 0.15) is 43.0 Å². The number of aliphatic carboxylic acids is 1. The van der Waals surface area contributed by atoms with Gasteiger partial charge in [0.05, 0.1) is 25.5 Å². The van der Waals surface area contributed by atoms with Gasteiger partial charge in [-0.15, -0.1) is 0 Å². The molecule has 166 valence electrons. The fourth-order valence-electron chi connectivity index (χ4n) is 4.13. The van der Waals surface area contributed by atoms with E-state index in [0.29, 0.717) is 18.0 Å². The van der Waals surface area contributed by atoms with Gasteiger partial charge >= 0.3 is 5.97 Å². The number of ether oxygens (including phenoxy) is 1. The van der Waals surface area contributed by atoms with Crippen molar-refractivity contribution < 1.29 is 19.4 Å². The minimum atomic E-state index is -0.945. The number of aryl methyl sites for hydroxylation is 1. The highest BCUT2D eigenvalue weighted by atomic mass is 16.5. The lowest BCUT2D eigenvalue weighted by Gasteiger charge is -2.43. The van der Waals surface area contributed by atoms with Gasteiger partial charge in [0, 0.05) is 36.1 Å². The van der Waals surface area contributed by atoms with Gasteiger partial charge in [0.1, 0.15) is 0 Å². The van der Waals surface area contributed by atoms with Crippen molar-refractivity contribution in [1.29, 1.82) is 0 Å². The fourth-order valence-corrected chi connectivity index (χ4v) is 4.13. The maximum absolute atomic E-state index is 12.8.